The van der Waals surface area contributed by atoms with Gasteiger partial charge in [-0.15, -0.1) is 10.2 Å². The Hall–Kier alpha value is -2.56. The average Bonchev–Trinajstić information content (AvgIpc) is 2.86. The molecular weight excluding hydrogens is 228 g/mol. The molecule has 0 saturated heterocycles. The summed E-state index contributed by atoms with van der Waals surface area (Å²) in [5.74, 6) is -0.153. The van der Waals surface area contributed by atoms with Gasteiger partial charge in [-0.25, -0.2) is 4.52 Å². The van der Waals surface area contributed by atoms with Crippen molar-refractivity contribution in [3.05, 3.63) is 59.5 Å². The Morgan fingerprint density at radius 1 is 1.11 bits per heavy atom. The fourth-order valence-corrected chi connectivity index (χ4v) is 1.69. The molecule has 0 atom stereocenters. The zero-order chi connectivity index (χ0) is 12.5. The van der Waals surface area contributed by atoms with E-state index >= 15 is 0 Å². The summed E-state index contributed by atoms with van der Waals surface area (Å²) in [5, 5.41) is 11.9. The second kappa shape index (κ2) is 4.03. The number of aromatic nitrogens is 4. The lowest BCUT2D eigenvalue weighted by Crippen LogP contribution is -2.08. The molecule has 2 heterocycles. The molecule has 0 fully saturated rings. The number of nitrogens with zero attached hydrogens (tertiary/aromatic N) is 4. The second-order valence-electron chi connectivity index (χ2n) is 4.04. The van der Waals surface area contributed by atoms with Gasteiger partial charge in [0, 0.05) is 11.6 Å². The standard InChI is InChI=1S/C13H10N4O/c1-9-2-4-10(5-3-9)13(18)11-8-17-12(16-15-11)6-7-14-17/h2-8H,1H3. The highest BCUT2D eigenvalue weighted by Crippen LogP contribution is 2.09. The molecule has 5 heteroatoms. The zero-order valence-corrected chi connectivity index (χ0v) is 9.74. The first-order valence-electron chi connectivity index (χ1n) is 5.52. The van der Waals surface area contributed by atoms with Gasteiger partial charge in [0.1, 0.15) is 0 Å². The first kappa shape index (κ1) is 10.6. The molecule has 0 saturated carbocycles. The molecule has 5 nitrogen and oxygen atoms in total. The molecule has 3 rings (SSSR count). The van der Waals surface area contributed by atoms with Crippen LogP contribution < -0.4 is 0 Å². The van der Waals surface area contributed by atoms with Crippen molar-refractivity contribution in [2.45, 2.75) is 6.92 Å². The molecule has 0 aliphatic heterocycles. The van der Waals surface area contributed by atoms with Crippen LogP contribution in [0.25, 0.3) is 5.65 Å². The third-order valence-corrected chi connectivity index (χ3v) is 2.70. The van der Waals surface area contributed by atoms with E-state index < -0.39 is 0 Å². The summed E-state index contributed by atoms with van der Waals surface area (Å²) >= 11 is 0. The van der Waals surface area contributed by atoms with E-state index in [4.69, 9.17) is 0 Å². The van der Waals surface area contributed by atoms with Gasteiger partial charge in [-0.1, -0.05) is 29.8 Å². The quantitative estimate of drug-likeness (QED) is 0.637. The van der Waals surface area contributed by atoms with E-state index in [0.717, 1.165) is 5.56 Å². The summed E-state index contributed by atoms with van der Waals surface area (Å²) in [6.45, 7) is 1.98. The van der Waals surface area contributed by atoms with Crippen LogP contribution in [0.3, 0.4) is 0 Å². The molecule has 18 heavy (non-hydrogen) atoms. The van der Waals surface area contributed by atoms with Crippen molar-refractivity contribution in [2.75, 3.05) is 0 Å². The molecule has 3 aromatic rings. The highest BCUT2D eigenvalue weighted by molar-refractivity contribution is 6.07. The molecule has 0 aliphatic carbocycles. The van der Waals surface area contributed by atoms with E-state index in [1.165, 1.54) is 4.52 Å². The molecule has 0 bridgehead atoms. The Morgan fingerprint density at radius 3 is 2.67 bits per heavy atom. The molecule has 0 spiro atoms. The van der Waals surface area contributed by atoms with Crippen molar-refractivity contribution >= 4 is 11.4 Å². The Morgan fingerprint density at radius 2 is 1.89 bits per heavy atom. The van der Waals surface area contributed by atoms with Gasteiger partial charge in [0.25, 0.3) is 0 Å². The highest BCUT2D eigenvalue weighted by Gasteiger charge is 2.12. The first-order valence-corrected chi connectivity index (χ1v) is 5.52. The summed E-state index contributed by atoms with van der Waals surface area (Å²) in [7, 11) is 0. The first-order chi connectivity index (χ1) is 8.74. The van der Waals surface area contributed by atoms with Gasteiger partial charge in [-0.05, 0) is 6.92 Å². The van der Waals surface area contributed by atoms with E-state index in [1.807, 2.05) is 19.1 Å². The lowest BCUT2D eigenvalue weighted by molar-refractivity contribution is 0.103. The lowest BCUT2D eigenvalue weighted by atomic mass is 10.1. The van der Waals surface area contributed by atoms with Crippen LogP contribution >= 0.6 is 0 Å². The minimum atomic E-state index is -0.153. The van der Waals surface area contributed by atoms with Crippen LogP contribution in [0.15, 0.2) is 42.7 Å². The number of carbonyl (C=O) groups is 1. The minimum Gasteiger partial charge on any atom is -0.287 e. The summed E-state index contributed by atoms with van der Waals surface area (Å²) in [5.41, 5.74) is 2.62. The number of carbonyl (C=O) groups excluding carboxylic acids is 1. The molecule has 2 aromatic heterocycles. The summed E-state index contributed by atoms with van der Waals surface area (Å²) in [6.07, 6.45) is 3.20. The van der Waals surface area contributed by atoms with Crippen molar-refractivity contribution in [3.63, 3.8) is 0 Å². The van der Waals surface area contributed by atoms with Crippen LogP contribution in [-0.2, 0) is 0 Å². The van der Waals surface area contributed by atoms with Crippen LogP contribution in [0, 0.1) is 6.92 Å². The second-order valence-corrected chi connectivity index (χ2v) is 4.04. The fraction of sp³-hybridized carbons (Fsp3) is 0.0769. The summed E-state index contributed by atoms with van der Waals surface area (Å²) < 4.78 is 1.54. The third kappa shape index (κ3) is 1.75. The van der Waals surface area contributed by atoms with Crippen molar-refractivity contribution in [3.8, 4) is 0 Å². The van der Waals surface area contributed by atoms with E-state index in [2.05, 4.69) is 15.3 Å². The number of aryl methyl sites for hydroxylation is 1. The predicted molar refractivity (Wildman–Crippen MR) is 65.4 cm³/mol. The molecule has 1 aromatic carbocycles. The lowest BCUT2D eigenvalue weighted by Gasteiger charge is -2.00. The number of rotatable bonds is 2. The van der Waals surface area contributed by atoms with E-state index in [-0.39, 0.29) is 11.5 Å². The van der Waals surface area contributed by atoms with Gasteiger partial charge >= 0.3 is 0 Å². The maximum Gasteiger partial charge on any atom is 0.214 e. The molecule has 0 aliphatic rings. The van der Waals surface area contributed by atoms with Crippen LogP contribution in [0.4, 0.5) is 0 Å². The fourth-order valence-electron chi connectivity index (χ4n) is 1.69. The molecule has 0 amide bonds. The van der Waals surface area contributed by atoms with E-state index in [0.29, 0.717) is 11.2 Å². The largest absolute Gasteiger partial charge is 0.287 e. The number of benzene rings is 1. The van der Waals surface area contributed by atoms with Crippen molar-refractivity contribution in [1.29, 1.82) is 0 Å². The molecule has 0 N–H and O–H groups in total. The monoisotopic (exact) mass is 238 g/mol. The average molecular weight is 238 g/mol. The van der Waals surface area contributed by atoms with Gasteiger partial charge in [0.05, 0.1) is 12.4 Å². The molecule has 0 radical (unpaired) electrons. The number of ketones is 1. The SMILES string of the molecule is Cc1ccc(C(=O)c2cn3nccc3nn2)cc1. The number of fused-ring (bicyclic) bond motifs is 1. The summed E-state index contributed by atoms with van der Waals surface area (Å²) in [6, 6.07) is 9.09. The Labute approximate surface area is 103 Å². The maximum atomic E-state index is 12.2. The zero-order valence-electron chi connectivity index (χ0n) is 9.74. The molecule has 0 unspecified atom stereocenters. The highest BCUT2D eigenvalue weighted by atomic mass is 16.1. The Kier molecular flexibility index (Phi) is 2.37. The number of hydrogen-bond donors (Lipinski definition) is 0. The Balaban J connectivity index is 2.03. The normalized spacial score (nSPS) is 10.7. The van der Waals surface area contributed by atoms with Crippen LogP contribution in [0.5, 0.6) is 0 Å². The van der Waals surface area contributed by atoms with E-state index in [1.54, 1.807) is 30.6 Å². The van der Waals surface area contributed by atoms with Crippen molar-refractivity contribution in [2.24, 2.45) is 0 Å². The van der Waals surface area contributed by atoms with Gasteiger partial charge in [-0.3, -0.25) is 4.79 Å². The molecular formula is C13H10N4O. The van der Waals surface area contributed by atoms with Gasteiger partial charge in [0.15, 0.2) is 11.3 Å². The minimum absolute atomic E-state index is 0.153. The summed E-state index contributed by atoms with van der Waals surface area (Å²) in [4.78, 5) is 12.2. The van der Waals surface area contributed by atoms with Crippen LogP contribution in [0.2, 0.25) is 0 Å². The Bertz CT molecular complexity index is 715. The topological polar surface area (TPSA) is 60.2 Å². The maximum absolute atomic E-state index is 12.2. The third-order valence-electron chi connectivity index (χ3n) is 2.70. The van der Waals surface area contributed by atoms with E-state index in [9.17, 15) is 4.79 Å². The molecule has 88 valence electrons. The smallest absolute Gasteiger partial charge is 0.214 e. The number of hydrogen-bond acceptors (Lipinski definition) is 4. The van der Waals surface area contributed by atoms with Crippen molar-refractivity contribution in [1.82, 2.24) is 19.8 Å². The van der Waals surface area contributed by atoms with Gasteiger partial charge < -0.3 is 0 Å². The van der Waals surface area contributed by atoms with Crippen LogP contribution in [0.1, 0.15) is 21.6 Å². The van der Waals surface area contributed by atoms with Gasteiger partial charge in [0.2, 0.25) is 5.78 Å². The van der Waals surface area contributed by atoms with Gasteiger partial charge in [-0.2, -0.15) is 5.10 Å². The van der Waals surface area contributed by atoms with Crippen LogP contribution in [-0.4, -0.2) is 25.6 Å². The van der Waals surface area contributed by atoms with Crippen molar-refractivity contribution < 1.29 is 4.79 Å². The predicted octanol–water partition coefficient (Wildman–Crippen LogP) is 1.66.